The van der Waals surface area contributed by atoms with Gasteiger partial charge in [0.15, 0.2) is 0 Å². The maximum absolute atomic E-state index is 11.5. The van der Waals surface area contributed by atoms with Crippen LogP contribution in [-0.2, 0) is 4.79 Å². The lowest BCUT2D eigenvalue weighted by atomic mass is 9.77. The Hall–Kier alpha value is -0.830. The average molecular weight is 211 g/mol. The van der Waals surface area contributed by atoms with Crippen LogP contribution in [0.1, 0.15) is 39.5 Å². The SMILES string of the molecule is CC=CC(=O)NC1(CO)CCCC(C)C1. The fraction of sp³-hybridized carbons (Fsp3) is 0.750. The van der Waals surface area contributed by atoms with Crippen molar-refractivity contribution in [3.63, 3.8) is 0 Å². The summed E-state index contributed by atoms with van der Waals surface area (Å²) >= 11 is 0. The lowest BCUT2D eigenvalue weighted by Gasteiger charge is -2.39. The number of allylic oxidation sites excluding steroid dienone is 1. The van der Waals surface area contributed by atoms with Crippen molar-refractivity contribution in [2.24, 2.45) is 5.92 Å². The minimum absolute atomic E-state index is 0.0423. The van der Waals surface area contributed by atoms with Crippen molar-refractivity contribution in [3.05, 3.63) is 12.2 Å². The Morgan fingerprint density at radius 3 is 2.93 bits per heavy atom. The number of carbonyl (C=O) groups is 1. The van der Waals surface area contributed by atoms with E-state index in [1.807, 2.05) is 6.92 Å². The third-order valence-corrected chi connectivity index (χ3v) is 3.10. The minimum Gasteiger partial charge on any atom is -0.394 e. The van der Waals surface area contributed by atoms with Crippen molar-refractivity contribution < 1.29 is 9.90 Å². The van der Waals surface area contributed by atoms with Crippen LogP contribution in [0.4, 0.5) is 0 Å². The predicted octanol–water partition coefficient (Wildman–Crippen LogP) is 1.62. The molecule has 2 atom stereocenters. The first kappa shape index (κ1) is 12.2. The summed E-state index contributed by atoms with van der Waals surface area (Å²) in [4.78, 5) is 11.5. The molecule has 0 bridgehead atoms. The molecule has 0 saturated heterocycles. The molecule has 0 aliphatic heterocycles. The van der Waals surface area contributed by atoms with Gasteiger partial charge in [-0.25, -0.2) is 0 Å². The van der Waals surface area contributed by atoms with Gasteiger partial charge in [0, 0.05) is 0 Å². The van der Waals surface area contributed by atoms with Gasteiger partial charge in [-0.15, -0.1) is 0 Å². The zero-order valence-corrected chi connectivity index (χ0v) is 9.62. The quantitative estimate of drug-likeness (QED) is 0.697. The van der Waals surface area contributed by atoms with Crippen LogP contribution in [0.5, 0.6) is 0 Å². The highest BCUT2D eigenvalue weighted by Crippen LogP contribution is 2.31. The van der Waals surface area contributed by atoms with Gasteiger partial charge in [-0.1, -0.05) is 25.8 Å². The minimum atomic E-state index is -0.381. The van der Waals surface area contributed by atoms with E-state index in [1.54, 1.807) is 6.08 Å². The van der Waals surface area contributed by atoms with Gasteiger partial charge < -0.3 is 10.4 Å². The molecule has 2 unspecified atom stereocenters. The molecule has 0 aromatic heterocycles. The Balaban J connectivity index is 2.63. The highest BCUT2D eigenvalue weighted by Gasteiger charge is 2.35. The van der Waals surface area contributed by atoms with E-state index in [0.29, 0.717) is 5.92 Å². The first-order valence-corrected chi connectivity index (χ1v) is 5.67. The number of carbonyl (C=O) groups excluding carboxylic acids is 1. The highest BCUT2D eigenvalue weighted by molar-refractivity contribution is 5.88. The Bertz CT molecular complexity index is 250. The van der Waals surface area contributed by atoms with Crippen molar-refractivity contribution in [2.45, 2.75) is 45.1 Å². The summed E-state index contributed by atoms with van der Waals surface area (Å²) in [6.45, 7) is 4.03. The average Bonchev–Trinajstić information content (AvgIpc) is 2.18. The van der Waals surface area contributed by atoms with E-state index in [1.165, 1.54) is 12.5 Å². The Kier molecular flexibility index (Phi) is 4.33. The van der Waals surface area contributed by atoms with Crippen LogP contribution in [-0.4, -0.2) is 23.2 Å². The van der Waals surface area contributed by atoms with Gasteiger partial charge in [0.2, 0.25) is 5.91 Å². The number of rotatable bonds is 3. The Labute approximate surface area is 91.6 Å². The molecular formula is C12H21NO2. The molecule has 1 fully saturated rings. The van der Waals surface area contributed by atoms with Crippen LogP contribution in [0.2, 0.25) is 0 Å². The molecule has 1 aliphatic carbocycles. The normalized spacial score (nSPS) is 31.8. The first-order chi connectivity index (χ1) is 7.12. The fourth-order valence-corrected chi connectivity index (χ4v) is 2.41. The van der Waals surface area contributed by atoms with Crippen LogP contribution in [0.3, 0.4) is 0 Å². The monoisotopic (exact) mass is 211 g/mol. The summed E-state index contributed by atoms with van der Waals surface area (Å²) in [5, 5.41) is 12.4. The zero-order valence-electron chi connectivity index (χ0n) is 9.62. The van der Waals surface area contributed by atoms with Gasteiger partial charge >= 0.3 is 0 Å². The summed E-state index contributed by atoms with van der Waals surface area (Å²) in [7, 11) is 0. The summed E-state index contributed by atoms with van der Waals surface area (Å²) in [6, 6.07) is 0. The topological polar surface area (TPSA) is 49.3 Å². The van der Waals surface area contributed by atoms with Gasteiger partial charge in [-0.05, 0) is 31.8 Å². The van der Waals surface area contributed by atoms with Crippen molar-refractivity contribution in [1.82, 2.24) is 5.32 Å². The third-order valence-electron chi connectivity index (χ3n) is 3.10. The van der Waals surface area contributed by atoms with Crippen molar-refractivity contribution in [1.29, 1.82) is 0 Å². The van der Waals surface area contributed by atoms with E-state index in [2.05, 4.69) is 12.2 Å². The number of amides is 1. The summed E-state index contributed by atoms with van der Waals surface area (Å²) < 4.78 is 0. The summed E-state index contributed by atoms with van der Waals surface area (Å²) in [6.07, 6.45) is 7.27. The molecule has 2 N–H and O–H groups in total. The molecule has 86 valence electrons. The number of hydrogen-bond donors (Lipinski definition) is 2. The molecule has 0 aromatic rings. The van der Waals surface area contributed by atoms with Crippen molar-refractivity contribution in [3.8, 4) is 0 Å². The summed E-state index contributed by atoms with van der Waals surface area (Å²) in [5.41, 5.74) is -0.381. The van der Waals surface area contributed by atoms with Crippen LogP contribution in [0.25, 0.3) is 0 Å². The highest BCUT2D eigenvalue weighted by atomic mass is 16.3. The number of nitrogens with one attached hydrogen (secondary N) is 1. The molecule has 1 aliphatic rings. The van der Waals surface area contributed by atoms with E-state index >= 15 is 0 Å². The molecule has 1 saturated carbocycles. The van der Waals surface area contributed by atoms with Gasteiger partial charge in [0.1, 0.15) is 0 Å². The molecular weight excluding hydrogens is 190 g/mol. The van der Waals surface area contributed by atoms with Gasteiger partial charge in [0.25, 0.3) is 0 Å². The standard InChI is InChI=1S/C12H21NO2/c1-3-5-11(15)13-12(9-14)7-4-6-10(2)8-12/h3,5,10,14H,4,6-9H2,1-2H3,(H,13,15). The second-order valence-corrected chi connectivity index (χ2v) is 4.63. The number of hydrogen-bond acceptors (Lipinski definition) is 2. The largest absolute Gasteiger partial charge is 0.394 e. The molecule has 15 heavy (non-hydrogen) atoms. The van der Waals surface area contributed by atoms with Gasteiger partial charge in [0.05, 0.1) is 12.1 Å². The molecule has 0 aromatic carbocycles. The molecule has 0 spiro atoms. The predicted molar refractivity (Wildman–Crippen MR) is 60.4 cm³/mol. The molecule has 1 rings (SSSR count). The Morgan fingerprint density at radius 2 is 2.40 bits per heavy atom. The van der Waals surface area contributed by atoms with Crippen molar-refractivity contribution in [2.75, 3.05) is 6.61 Å². The third kappa shape index (κ3) is 3.34. The molecule has 3 heteroatoms. The maximum atomic E-state index is 11.5. The van der Waals surface area contributed by atoms with Crippen LogP contribution >= 0.6 is 0 Å². The van der Waals surface area contributed by atoms with Gasteiger partial charge in [-0.2, -0.15) is 0 Å². The fourth-order valence-electron chi connectivity index (χ4n) is 2.41. The van der Waals surface area contributed by atoms with Crippen molar-refractivity contribution >= 4 is 5.91 Å². The zero-order chi connectivity index (χ0) is 11.3. The van der Waals surface area contributed by atoms with E-state index < -0.39 is 0 Å². The van der Waals surface area contributed by atoms with Crippen LogP contribution in [0.15, 0.2) is 12.2 Å². The second-order valence-electron chi connectivity index (χ2n) is 4.63. The lowest BCUT2D eigenvalue weighted by Crippen LogP contribution is -2.53. The molecule has 1 amide bonds. The van der Waals surface area contributed by atoms with Gasteiger partial charge in [-0.3, -0.25) is 4.79 Å². The van der Waals surface area contributed by atoms with Crippen LogP contribution in [0, 0.1) is 5.92 Å². The Morgan fingerprint density at radius 1 is 1.67 bits per heavy atom. The van der Waals surface area contributed by atoms with E-state index in [-0.39, 0.29) is 18.1 Å². The maximum Gasteiger partial charge on any atom is 0.244 e. The van der Waals surface area contributed by atoms with E-state index in [0.717, 1.165) is 19.3 Å². The number of aliphatic hydroxyl groups excluding tert-OH is 1. The second kappa shape index (κ2) is 5.31. The molecule has 3 nitrogen and oxygen atoms in total. The van der Waals surface area contributed by atoms with E-state index in [4.69, 9.17) is 0 Å². The molecule has 0 heterocycles. The molecule has 0 radical (unpaired) electrons. The summed E-state index contributed by atoms with van der Waals surface area (Å²) in [5.74, 6) is 0.484. The number of aliphatic hydroxyl groups is 1. The smallest absolute Gasteiger partial charge is 0.244 e. The first-order valence-electron chi connectivity index (χ1n) is 5.67. The van der Waals surface area contributed by atoms with Crippen LogP contribution < -0.4 is 5.32 Å². The lowest BCUT2D eigenvalue weighted by molar-refractivity contribution is -0.119. The van der Waals surface area contributed by atoms with E-state index in [9.17, 15) is 9.90 Å².